The van der Waals surface area contributed by atoms with Crippen LogP contribution in [0.2, 0.25) is 0 Å². The Morgan fingerprint density at radius 3 is 1.81 bits per heavy atom. The molecule has 0 saturated carbocycles. The van der Waals surface area contributed by atoms with Gasteiger partial charge in [-0.2, -0.15) is 0 Å². The van der Waals surface area contributed by atoms with E-state index in [9.17, 15) is 0 Å². The van der Waals surface area contributed by atoms with Gasteiger partial charge in [0.25, 0.3) is 0 Å². The predicted molar refractivity (Wildman–Crippen MR) is 109 cm³/mol. The lowest BCUT2D eigenvalue weighted by Crippen LogP contribution is -1.82. The van der Waals surface area contributed by atoms with Crippen LogP contribution in [0.25, 0.3) is 44.2 Å². The normalized spacial score (nSPS) is 11.3. The minimum absolute atomic E-state index is 0.953. The first-order chi connectivity index (χ1) is 12.8. The molecule has 0 spiro atoms. The number of rotatable bonds is 2. The number of hydrogen-bond donors (Lipinski definition) is 0. The van der Waals surface area contributed by atoms with Crippen LogP contribution in [0, 0.1) is 6.92 Å². The molecule has 5 rings (SSSR count). The SMILES string of the molecule is Cc1ccccc1-c1cccc2c1oc1c(-c3ccccc3)cccc12. The molecule has 0 atom stereocenters. The van der Waals surface area contributed by atoms with E-state index >= 15 is 0 Å². The molecule has 0 N–H and O–H groups in total. The zero-order valence-corrected chi connectivity index (χ0v) is 14.6. The molecule has 0 aliphatic heterocycles. The summed E-state index contributed by atoms with van der Waals surface area (Å²) in [6.07, 6.45) is 0. The average molecular weight is 334 g/mol. The third-order valence-corrected chi connectivity index (χ3v) is 5.04. The molecule has 0 fully saturated rings. The zero-order valence-electron chi connectivity index (χ0n) is 14.6. The second kappa shape index (κ2) is 5.89. The molecule has 5 aromatic rings. The maximum absolute atomic E-state index is 6.48. The van der Waals surface area contributed by atoms with Gasteiger partial charge in [-0.25, -0.2) is 0 Å². The highest BCUT2D eigenvalue weighted by Gasteiger charge is 2.15. The summed E-state index contributed by atoms with van der Waals surface area (Å²) in [6.45, 7) is 2.15. The molecular formula is C25H18O. The summed E-state index contributed by atoms with van der Waals surface area (Å²) in [7, 11) is 0. The van der Waals surface area contributed by atoms with E-state index in [1.54, 1.807) is 0 Å². The van der Waals surface area contributed by atoms with Crippen molar-refractivity contribution in [1.29, 1.82) is 0 Å². The quantitative estimate of drug-likeness (QED) is 0.332. The van der Waals surface area contributed by atoms with Gasteiger partial charge in [0.05, 0.1) is 0 Å². The highest BCUT2D eigenvalue weighted by Crippen LogP contribution is 2.40. The smallest absolute Gasteiger partial charge is 0.143 e. The molecular weight excluding hydrogens is 316 g/mol. The Kier molecular flexibility index (Phi) is 3.39. The van der Waals surface area contributed by atoms with E-state index in [0.29, 0.717) is 0 Å². The van der Waals surface area contributed by atoms with E-state index in [2.05, 4.69) is 91.9 Å². The van der Waals surface area contributed by atoms with Crippen LogP contribution in [0.15, 0.2) is 95.4 Å². The van der Waals surface area contributed by atoms with Gasteiger partial charge in [0.1, 0.15) is 11.2 Å². The summed E-state index contributed by atoms with van der Waals surface area (Å²) in [4.78, 5) is 0. The Morgan fingerprint density at radius 1 is 0.500 bits per heavy atom. The first-order valence-corrected chi connectivity index (χ1v) is 8.88. The molecule has 124 valence electrons. The Balaban J connectivity index is 1.86. The van der Waals surface area contributed by atoms with Crippen LogP contribution >= 0.6 is 0 Å². The lowest BCUT2D eigenvalue weighted by molar-refractivity contribution is 0.671. The molecule has 1 heterocycles. The van der Waals surface area contributed by atoms with Gasteiger partial charge in [0, 0.05) is 21.9 Å². The van der Waals surface area contributed by atoms with Crippen LogP contribution in [0.3, 0.4) is 0 Å². The fourth-order valence-corrected chi connectivity index (χ4v) is 3.75. The Hall–Kier alpha value is -3.32. The van der Waals surface area contributed by atoms with Crippen molar-refractivity contribution in [3.05, 3.63) is 96.6 Å². The fourth-order valence-electron chi connectivity index (χ4n) is 3.75. The molecule has 1 heteroatoms. The van der Waals surface area contributed by atoms with Gasteiger partial charge in [0.2, 0.25) is 0 Å². The molecule has 1 aromatic heterocycles. The molecule has 0 bridgehead atoms. The van der Waals surface area contributed by atoms with Gasteiger partial charge < -0.3 is 4.42 Å². The Morgan fingerprint density at radius 2 is 1.08 bits per heavy atom. The molecule has 0 radical (unpaired) electrons. The fraction of sp³-hybridized carbons (Fsp3) is 0.0400. The molecule has 0 saturated heterocycles. The minimum atomic E-state index is 0.953. The van der Waals surface area contributed by atoms with Crippen LogP contribution in [0.5, 0.6) is 0 Å². The Labute approximate surface area is 152 Å². The number of aryl methyl sites for hydroxylation is 1. The first-order valence-electron chi connectivity index (χ1n) is 8.88. The van der Waals surface area contributed by atoms with Crippen molar-refractivity contribution in [2.75, 3.05) is 0 Å². The van der Waals surface area contributed by atoms with E-state index in [1.807, 2.05) is 6.07 Å². The van der Waals surface area contributed by atoms with E-state index in [1.165, 1.54) is 22.1 Å². The second-order valence-electron chi connectivity index (χ2n) is 6.65. The van der Waals surface area contributed by atoms with E-state index in [-0.39, 0.29) is 0 Å². The largest absolute Gasteiger partial charge is 0.455 e. The molecule has 0 aliphatic carbocycles. The molecule has 0 aliphatic rings. The maximum Gasteiger partial charge on any atom is 0.143 e. The highest BCUT2D eigenvalue weighted by atomic mass is 16.3. The zero-order chi connectivity index (χ0) is 17.5. The van der Waals surface area contributed by atoms with Gasteiger partial charge in [0.15, 0.2) is 0 Å². The molecule has 4 aromatic carbocycles. The van der Waals surface area contributed by atoms with Crippen molar-refractivity contribution >= 4 is 21.9 Å². The molecule has 26 heavy (non-hydrogen) atoms. The molecule has 1 nitrogen and oxygen atoms in total. The molecule has 0 unspecified atom stereocenters. The summed E-state index contributed by atoms with van der Waals surface area (Å²) >= 11 is 0. The van der Waals surface area contributed by atoms with Gasteiger partial charge in [-0.1, -0.05) is 91.0 Å². The number of hydrogen-bond acceptors (Lipinski definition) is 1. The van der Waals surface area contributed by atoms with Crippen LogP contribution < -0.4 is 0 Å². The van der Waals surface area contributed by atoms with Crippen molar-refractivity contribution in [3.8, 4) is 22.3 Å². The van der Waals surface area contributed by atoms with Crippen LogP contribution in [0.1, 0.15) is 5.56 Å². The number of para-hydroxylation sites is 2. The number of fused-ring (bicyclic) bond motifs is 3. The number of furan rings is 1. The van der Waals surface area contributed by atoms with Crippen molar-refractivity contribution < 1.29 is 4.42 Å². The van der Waals surface area contributed by atoms with Crippen LogP contribution in [-0.4, -0.2) is 0 Å². The van der Waals surface area contributed by atoms with E-state index in [4.69, 9.17) is 4.42 Å². The lowest BCUT2D eigenvalue weighted by atomic mass is 9.98. The predicted octanol–water partition coefficient (Wildman–Crippen LogP) is 7.23. The summed E-state index contributed by atoms with van der Waals surface area (Å²) in [5.41, 5.74) is 7.84. The topological polar surface area (TPSA) is 13.1 Å². The van der Waals surface area contributed by atoms with Crippen LogP contribution in [0.4, 0.5) is 0 Å². The summed E-state index contributed by atoms with van der Waals surface area (Å²) in [5, 5.41) is 2.33. The monoisotopic (exact) mass is 334 g/mol. The van der Waals surface area contributed by atoms with Crippen LogP contribution in [-0.2, 0) is 0 Å². The van der Waals surface area contributed by atoms with Crippen molar-refractivity contribution in [3.63, 3.8) is 0 Å². The number of benzene rings is 4. The van der Waals surface area contributed by atoms with Gasteiger partial charge in [-0.3, -0.25) is 0 Å². The van der Waals surface area contributed by atoms with Crippen molar-refractivity contribution in [1.82, 2.24) is 0 Å². The lowest BCUT2D eigenvalue weighted by Gasteiger charge is -2.06. The van der Waals surface area contributed by atoms with E-state index in [0.717, 1.165) is 27.7 Å². The minimum Gasteiger partial charge on any atom is -0.455 e. The van der Waals surface area contributed by atoms with Gasteiger partial charge >= 0.3 is 0 Å². The van der Waals surface area contributed by atoms with Crippen molar-refractivity contribution in [2.45, 2.75) is 6.92 Å². The second-order valence-corrected chi connectivity index (χ2v) is 6.65. The van der Waals surface area contributed by atoms with Gasteiger partial charge in [-0.05, 0) is 23.6 Å². The third kappa shape index (κ3) is 2.25. The summed E-state index contributed by atoms with van der Waals surface area (Å²) in [5.74, 6) is 0. The summed E-state index contributed by atoms with van der Waals surface area (Å²) in [6, 6.07) is 31.7. The molecule has 0 amide bonds. The van der Waals surface area contributed by atoms with E-state index < -0.39 is 0 Å². The third-order valence-electron chi connectivity index (χ3n) is 5.04. The van der Waals surface area contributed by atoms with Gasteiger partial charge in [-0.15, -0.1) is 0 Å². The Bertz CT molecular complexity index is 1230. The van der Waals surface area contributed by atoms with Crippen molar-refractivity contribution in [2.24, 2.45) is 0 Å². The maximum atomic E-state index is 6.48. The standard InChI is InChI=1S/C25H18O/c1-17-9-5-6-12-19(17)21-14-8-16-23-22-15-7-13-20(24(22)26-25(21)23)18-10-3-2-4-11-18/h2-16H,1H3. The highest BCUT2D eigenvalue weighted by molar-refractivity contribution is 6.13. The average Bonchev–Trinajstić information content (AvgIpc) is 3.08. The summed E-state index contributed by atoms with van der Waals surface area (Å²) < 4.78 is 6.48. The first kappa shape index (κ1) is 15.0.